The van der Waals surface area contributed by atoms with Crippen LogP contribution in [-0.2, 0) is 19.7 Å². The maximum atomic E-state index is 6.00. The van der Waals surface area contributed by atoms with Crippen LogP contribution >= 0.6 is 0 Å². The van der Waals surface area contributed by atoms with Crippen molar-refractivity contribution in [2.24, 2.45) is 0 Å². The Morgan fingerprint density at radius 1 is 0.912 bits per heavy atom. The summed E-state index contributed by atoms with van der Waals surface area (Å²) in [7, 11) is 1.63. The van der Waals surface area contributed by atoms with Crippen LogP contribution in [0.3, 0.4) is 0 Å². The van der Waals surface area contributed by atoms with Crippen LogP contribution in [0.2, 0.25) is 0 Å². The molecule has 0 saturated carbocycles. The van der Waals surface area contributed by atoms with Gasteiger partial charge in [0.1, 0.15) is 0 Å². The lowest BCUT2D eigenvalue weighted by Crippen LogP contribution is -2.13. The molecule has 0 radical (unpaired) electrons. The van der Waals surface area contributed by atoms with Crippen molar-refractivity contribution in [2.75, 3.05) is 13.9 Å². The lowest BCUT2D eigenvalue weighted by molar-refractivity contribution is 0.174. The number of aromatic nitrogens is 4. The normalized spacial score (nSPS) is 12.1. The number of nitrogens with one attached hydrogen (secondary N) is 1. The van der Waals surface area contributed by atoms with Crippen LogP contribution in [-0.4, -0.2) is 34.1 Å². The highest BCUT2D eigenvalue weighted by Crippen LogP contribution is 2.32. The Hall–Kier alpha value is -4.11. The van der Waals surface area contributed by atoms with Crippen molar-refractivity contribution in [2.45, 2.75) is 26.6 Å². The third kappa shape index (κ3) is 4.79. The lowest BCUT2D eigenvalue weighted by Gasteiger charge is -2.13. The number of tetrazole rings is 1. The summed E-state index contributed by atoms with van der Waals surface area (Å²) in [4.78, 5) is 0. The molecule has 5 rings (SSSR count). The molecule has 0 fully saturated rings. The number of benzene rings is 3. The number of fused-ring (bicyclic) bond motifs is 1. The second kappa shape index (κ2) is 9.80. The molecule has 4 aromatic rings. The second-order valence-corrected chi connectivity index (χ2v) is 7.91. The van der Waals surface area contributed by atoms with Crippen molar-refractivity contribution in [1.82, 2.24) is 25.5 Å². The highest BCUT2D eigenvalue weighted by Gasteiger charge is 2.14. The number of hydrogen-bond acceptors (Lipinski definition) is 8. The number of rotatable bonds is 9. The standard InChI is InChI=1S/C25H25N5O4/c1-17-3-7-20(8-4-17)30-25(27-28-29-30)15-32-21-9-5-18(11-23(21)31-2)13-26-14-19-6-10-22-24(12-19)34-16-33-22/h3-12,26H,13-16H2,1-2H3. The summed E-state index contributed by atoms with van der Waals surface area (Å²) in [5.41, 5.74) is 4.26. The molecule has 1 aliphatic rings. The van der Waals surface area contributed by atoms with Gasteiger partial charge in [0.2, 0.25) is 6.79 Å². The molecular formula is C25H25N5O4. The van der Waals surface area contributed by atoms with Gasteiger partial charge in [0.15, 0.2) is 35.4 Å². The highest BCUT2D eigenvalue weighted by molar-refractivity contribution is 5.45. The first-order valence-electron chi connectivity index (χ1n) is 10.9. The van der Waals surface area contributed by atoms with E-state index < -0.39 is 0 Å². The minimum atomic E-state index is 0.207. The molecule has 0 spiro atoms. The quantitative estimate of drug-likeness (QED) is 0.406. The summed E-state index contributed by atoms with van der Waals surface area (Å²) >= 11 is 0. The SMILES string of the molecule is COc1cc(CNCc2ccc3c(c2)OCO3)ccc1OCc1nnnn1-c1ccc(C)cc1. The molecule has 0 atom stereocenters. The third-order valence-corrected chi connectivity index (χ3v) is 5.49. The van der Waals surface area contributed by atoms with Crippen LogP contribution in [0.5, 0.6) is 23.0 Å². The number of nitrogens with zero attached hydrogens (tertiary/aromatic N) is 4. The van der Waals surface area contributed by atoms with Crippen molar-refractivity contribution in [3.05, 3.63) is 83.2 Å². The molecule has 9 heteroatoms. The summed E-state index contributed by atoms with van der Waals surface area (Å²) in [6.45, 7) is 3.91. The third-order valence-electron chi connectivity index (χ3n) is 5.49. The molecule has 3 aromatic carbocycles. The molecular weight excluding hydrogens is 434 g/mol. The topological polar surface area (TPSA) is 92.6 Å². The highest BCUT2D eigenvalue weighted by atomic mass is 16.7. The largest absolute Gasteiger partial charge is 0.493 e. The average molecular weight is 460 g/mol. The van der Waals surface area contributed by atoms with Gasteiger partial charge in [-0.3, -0.25) is 0 Å². The minimum absolute atomic E-state index is 0.207. The van der Waals surface area contributed by atoms with E-state index in [1.54, 1.807) is 11.8 Å². The summed E-state index contributed by atoms with van der Waals surface area (Å²) in [5.74, 6) is 3.45. The first-order valence-corrected chi connectivity index (χ1v) is 10.9. The van der Waals surface area contributed by atoms with Gasteiger partial charge in [-0.25, -0.2) is 0 Å². The van der Waals surface area contributed by atoms with Gasteiger partial charge in [-0.2, -0.15) is 4.68 Å². The van der Waals surface area contributed by atoms with Crippen LogP contribution in [0.1, 0.15) is 22.5 Å². The summed E-state index contributed by atoms with van der Waals surface area (Å²) in [6, 6.07) is 19.8. The predicted octanol–water partition coefficient (Wildman–Crippen LogP) is 3.58. The zero-order chi connectivity index (χ0) is 23.3. The fourth-order valence-corrected chi connectivity index (χ4v) is 3.67. The minimum Gasteiger partial charge on any atom is -0.493 e. The Balaban J connectivity index is 1.20. The van der Waals surface area contributed by atoms with E-state index in [0.29, 0.717) is 30.4 Å². The van der Waals surface area contributed by atoms with Crippen LogP contribution in [0, 0.1) is 6.92 Å². The van der Waals surface area contributed by atoms with E-state index >= 15 is 0 Å². The van der Waals surface area contributed by atoms with E-state index in [1.165, 1.54) is 5.56 Å². The van der Waals surface area contributed by atoms with Crippen LogP contribution < -0.4 is 24.3 Å². The molecule has 1 N–H and O–H groups in total. The first-order chi connectivity index (χ1) is 16.7. The molecule has 0 bridgehead atoms. The van der Waals surface area contributed by atoms with Gasteiger partial charge in [-0.15, -0.1) is 5.10 Å². The molecule has 174 valence electrons. The fraction of sp³-hybridized carbons (Fsp3) is 0.240. The van der Waals surface area contributed by atoms with Crippen molar-refractivity contribution in [3.8, 4) is 28.7 Å². The molecule has 0 aliphatic carbocycles. The van der Waals surface area contributed by atoms with E-state index in [9.17, 15) is 0 Å². The van der Waals surface area contributed by atoms with Crippen molar-refractivity contribution in [1.29, 1.82) is 0 Å². The van der Waals surface area contributed by atoms with E-state index in [4.69, 9.17) is 18.9 Å². The Bertz CT molecular complexity index is 1270. The van der Waals surface area contributed by atoms with Gasteiger partial charge in [0.25, 0.3) is 0 Å². The second-order valence-electron chi connectivity index (χ2n) is 7.91. The van der Waals surface area contributed by atoms with Crippen molar-refractivity contribution >= 4 is 0 Å². The number of hydrogen-bond donors (Lipinski definition) is 1. The van der Waals surface area contributed by atoms with Crippen molar-refractivity contribution in [3.63, 3.8) is 0 Å². The zero-order valence-corrected chi connectivity index (χ0v) is 19.0. The van der Waals surface area contributed by atoms with Crippen LogP contribution in [0.25, 0.3) is 5.69 Å². The maximum Gasteiger partial charge on any atom is 0.231 e. The van der Waals surface area contributed by atoms with Gasteiger partial charge < -0.3 is 24.3 Å². The van der Waals surface area contributed by atoms with Gasteiger partial charge in [-0.1, -0.05) is 29.8 Å². The van der Waals surface area contributed by atoms with Crippen LogP contribution in [0.4, 0.5) is 0 Å². The van der Waals surface area contributed by atoms with E-state index in [-0.39, 0.29) is 13.4 Å². The number of methoxy groups -OCH3 is 1. The molecule has 0 unspecified atom stereocenters. The maximum absolute atomic E-state index is 6.00. The summed E-state index contributed by atoms with van der Waals surface area (Å²) in [5, 5.41) is 15.4. The van der Waals surface area contributed by atoms with Gasteiger partial charge in [0, 0.05) is 13.1 Å². The average Bonchev–Trinajstić information content (AvgIpc) is 3.53. The van der Waals surface area contributed by atoms with E-state index in [1.807, 2.05) is 67.6 Å². The molecule has 2 heterocycles. The zero-order valence-electron chi connectivity index (χ0n) is 19.0. The predicted molar refractivity (Wildman–Crippen MR) is 124 cm³/mol. The smallest absolute Gasteiger partial charge is 0.231 e. The molecule has 1 aromatic heterocycles. The van der Waals surface area contributed by atoms with Crippen molar-refractivity contribution < 1.29 is 18.9 Å². The van der Waals surface area contributed by atoms with Gasteiger partial charge in [-0.05, 0) is 64.9 Å². The molecule has 34 heavy (non-hydrogen) atoms. The van der Waals surface area contributed by atoms with Gasteiger partial charge >= 0.3 is 0 Å². The first kappa shape index (κ1) is 21.7. The number of aryl methyl sites for hydroxylation is 1. The Morgan fingerprint density at radius 2 is 1.68 bits per heavy atom. The molecule has 9 nitrogen and oxygen atoms in total. The van der Waals surface area contributed by atoms with Gasteiger partial charge in [0.05, 0.1) is 12.8 Å². The molecule has 0 amide bonds. The fourth-order valence-electron chi connectivity index (χ4n) is 3.67. The van der Waals surface area contributed by atoms with E-state index in [2.05, 4.69) is 20.8 Å². The Labute approximate surface area is 197 Å². The monoisotopic (exact) mass is 459 g/mol. The molecule has 1 aliphatic heterocycles. The number of ether oxygens (including phenoxy) is 4. The van der Waals surface area contributed by atoms with E-state index in [0.717, 1.165) is 28.3 Å². The Morgan fingerprint density at radius 3 is 2.50 bits per heavy atom. The molecule has 0 saturated heterocycles. The lowest BCUT2D eigenvalue weighted by atomic mass is 10.1. The van der Waals surface area contributed by atoms with Crippen LogP contribution in [0.15, 0.2) is 60.7 Å². The summed E-state index contributed by atoms with van der Waals surface area (Å²) in [6.07, 6.45) is 0. The summed E-state index contributed by atoms with van der Waals surface area (Å²) < 4.78 is 24.0. The Kier molecular flexibility index (Phi) is 6.26.